The number of rotatable bonds is 8. The van der Waals surface area contributed by atoms with Crippen molar-refractivity contribution in [3.8, 4) is 22.9 Å². The van der Waals surface area contributed by atoms with Gasteiger partial charge in [-0.3, -0.25) is 14.3 Å². The second kappa shape index (κ2) is 9.20. The summed E-state index contributed by atoms with van der Waals surface area (Å²) in [6, 6.07) is 10.1. The van der Waals surface area contributed by atoms with Gasteiger partial charge in [0, 0.05) is 37.1 Å². The van der Waals surface area contributed by atoms with Crippen LogP contribution in [0.2, 0.25) is 0 Å². The second-order valence-electron chi connectivity index (χ2n) is 7.82. The van der Waals surface area contributed by atoms with Crippen molar-refractivity contribution < 1.29 is 14.3 Å². The molecule has 0 radical (unpaired) electrons. The zero-order valence-corrected chi connectivity index (χ0v) is 18.8. The van der Waals surface area contributed by atoms with Crippen LogP contribution in [0.15, 0.2) is 47.9 Å². The maximum atomic E-state index is 13.0. The third kappa shape index (κ3) is 4.43. The van der Waals surface area contributed by atoms with E-state index in [1.165, 1.54) is 11.8 Å². The van der Waals surface area contributed by atoms with Crippen LogP contribution in [0.5, 0.6) is 11.5 Å². The fourth-order valence-corrected chi connectivity index (χ4v) is 4.64. The van der Waals surface area contributed by atoms with Gasteiger partial charge in [-0.25, -0.2) is 0 Å². The van der Waals surface area contributed by atoms with E-state index < -0.39 is 0 Å². The standard InChI is InChI=1S/C23H25N5O3S/c1-2-27(14-16-5-8-19-20(12-16)31-11-10-30-19)21(29)15-32-23-26-25-22(28(23)18-6-7-18)17-4-3-9-24-13-17/h3-5,8-9,12-13,18H,2,6-7,10-11,14-15H2,1H3. The molecule has 0 saturated heterocycles. The minimum Gasteiger partial charge on any atom is -0.486 e. The van der Waals surface area contributed by atoms with E-state index in [0.717, 1.165) is 46.4 Å². The average molecular weight is 452 g/mol. The van der Waals surface area contributed by atoms with Crippen LogP contribution in [-0.4, -0.2) is 56.1 Å². The lowest BCUT2D eigenvalue weighted by Gasteiger charge is -2.23. The second-order valence-corrected chi connectivity index (χ2v) is 8.77. The third-order valence-electron chi connectivity index (χ3n) is 5.54. The molecule has 1 aliphatic heterocycles. The summed E-state index contributed by atoms with van der Waals surface area (Å²) >= 11 is 1.45. The van der Waals surface area contributed by atoms with Gasteiger partial charge in [0.1, 0.15) is 13.2 Å². The molecule has 32 heavy (non-hydrogen) atoms. The Morgan fingerprint density at radius 3 is 2.78 bits per heavy atom. The lowest BCUT2D eigenvalue weighted by Crippen LogP contribution is -2.31. The van der Waals surface area contributed by atoms with Crippen molar-refractivity contribution in [2.24, 2.45) is 0 Å². The molecule has 166 valence electrons. The van der Waals surface area contributed by atoms with E-state index in [-0.39, 0.29) is 5.91 Å². The number of nitrogens with zero attached hydrogens (tertiary/aromatic N) is 5. The number of carbonyl (C=O) groups excluding carboxylic acids is 1. The molecule has 1 fully saturated rings. The molecule has 0 unspecified atom stereocenters. The monoisotopic (exact) mass is 451 g/mol. The molecule has 1 aromatic carbocycles. The molecule has 2 aromatic heterocycles. The quantitative estimate of drug-likeness (QED) is 0.484. The van der Waals surface area contributed by atoms with Crippen molar-refractivity contribution in [1.29, 1.82) is 0 Å². The molecule has 1 saturated carbocycles. The Morgan fingerprint density at radius 1 is 1.19 bits per heavy atom. The Morgan fingerprint density at radius 2 is 2.03 bits per heavy atom. The molecule has 8 nitrogen and oxygen atoms in total. The normalized spacial score (nSPS) is 14.9. The van der Waals surface area contributed by atoms with Crippen molar-refractivity contribution in [3.63, 3.8) is 0 Å². The molecule has 0 bridgehead atoms. The average Bonchev–Trinajstić information content (AvgIpc) is 3.60. The first kappa shape index (κ1) is 20.8. The number of fused-ring (bicyclic) bond motifs is 1. The van der Waals surface area contributed by atoms with Crippen molar-refractivity contribution in [1.82, 2.24) is 24.6 Å². The van der Waals surface area contributed by atoms with E-state index >= 15 is 0 Å². The van der Waals surface area contributed by atoms with Gasteiger partial charge >= 0.3 is 0 Å². The Hall–Kier alpha value is -3.07. The van der Waals surface area contributed by atoms with Crippen LogP contribution in [0.4, 0.5) is 0 Å². The first-order chi connectivity index (χ1) is 15.7. The largest absolute Gasteiger partial charge is 0.486 e. The summed E-state index contributed by atoms with van der Waals surface area (Å²) in [5, 5.41) is 9.58. The molecule has 5 rings (SSSR count). The number of benzene rings is 1. The fraction of sp³-hybridized carbons (Fsp3) is 0.391. The van der Waals surface area contributed by atoms with E-state index in [4.69, 9.17) is 9.47 Å². The van der Waals surface area contributed by atoms with Crippen LogP contribution in [0.25, 0.3) is 11.4 Å². The highest BCUT2D eigenvalue weighted by Crippen LogP contribution is 2.41. The molecule has 3 aromatic rings. The topological polar surface area (TPSA) is 82.4 Å². The molecule has 9 heteroatoms. The summed E-state index contributed by atoms with van der Waals surface area (Å²) in [6.45, 7) is 4.27. The van der Waals surface area contributed by atoms with Gasteiger partial charge in [-0.05, 0) is 49.6 Å². The van der Waals surface area contributed by atoms with Gasteiger partial charge in [-0.2, -0.15) is 0 Å². The van der Waals surface area contributed by atoms with E-state index in [1.54, 1.807) is 12.4 Å². The van der Waals surface area contributed by atoms with Gasteiger partial charge in [-0.15, -0.1) is 10.2 Å². The van der Waals surface area contributed by atoms with Crippen LogP contribution in [0, 0.1) is 0 Å². The summed E-state index contributed by atoms with van der Waals surface area (Å²) in [4.78, 5) is 19.0. The summed E-state index contributed by atoms with van der Waals surface area (Å²) in [7, 11) is 0. The Kier molecular flexibility index (Phi) is 5.98. The molecular weight excluding hydrogens is 426 g/mol. The molecule has 0 atom stereocenters. The first-order valence-electron chi connectivity index (χ1n) is 10.9. The highest BCUT2D eigenvalue weighted by Gasteiger charge is 2.30. The zero-order chi connectivity index (χ0) is 21.9. The van der Waals surface area contributed by atoms with E-state index in [0.29, 0.717) is 38.1 Å². The number of pyridine rings is 1. The van der Waals surface area contributed by atoms with Crippen LogP contribution in [0.3, 0.4) is 0 Å². The summed E-state index contributed by atoms with van der Waals surface area (Å²) < 4.78 is 13.4. The number of hydrogen-bond acceptors (Lipinski definition) is 7. The number of carbonyl (C=O) groups is 1. The van der Waals surface area contributed by atoms with Gasteiger partial charge in [0.2, 0.25) is 5.91 Å². The molecular formula is C23H25N5O3S. The highest BCUT2D eigenvalue weighted by molar-refractivity contribution is 7.99. The van der Waals surface area contributed by atoms with E-state index in [1.807, 2.05) is 42.2 Å². The Balaban J connectivity index is 1.26. The van der Waals surface area contributed by atoms with Gasteiger partial charge < -0.3 is 14.4 Å². The molecule has 0 N–H and O–H groups in total. The first-order valence-corrected chi connectivity index (χ1v) is 11.9. The van der Waals surface area contributed by atoms with Crippen LogP contribution in [-0.2, 0) is 11.3 Å². The number of hydrogen-bond donors (Lipinski definition) is 0. The van der Waals surface area contributed by atoms with Crippen molar-refractivity contribution >= 4 is 17.7 Å². The molecule has 1 aliphatic carbocycles. The third-order valence-corrected chi connectivity index (χ3v) is 6.46. The van der Waals surface area contributed by atoms with Crippen molar-refractivity contribution in [3.05, 3.63) is 48.3 Å². The van der Waals surface area contributed by atoms with Gasteiger partial charge in [0.25, 0.3) is 0 Å². The summed E-state index contributed by atoms with van der Waals surface area (Å²) in [5.74, 6) is 2.71. The number of aromatic nitrogens is 4. The predicted molar refractivity (Wildman–Crippen MR) is 121 cm³/mol. The van der Waals surface area contributed by atoms with Gasteiger partial charge in [-0.1, -0.05) is 17.8 Å². The zero-order valence-electron chi connectivity index (χ0n) is 17.9. The SMILES string of the molecule is CCN(Cc1ccc2c(c1)OCCO2)C(=O)CSc1nnc(-c2cccnc2)n1C1CC1. The molecule has 0 spiro atoms. The number of thioether (sulfide) groups is 1. The van der Waals surface area contributed by atoms with Gasteiger partial charge in [0.05, 0.1) is 5.75 Å². The fourth-order valence-electron chi connectivity index (χ4n) is 3.73. The Bertz CT molecular complexity index is 1100. The maximum absolute atomic E-state index is 13.0. The molecule has 2 aliphatic rings. The lowest BCUT2D eigenvalue weighted by atomic mass is 10.2. The predicted octanol–water partition coefficient (Wildman–Crippen LogP) is 3.59. The van der Waals surface area contributed by atoms with Gasteiger partial charge in [0.15, 0.2) is 22.5 Å². The molecule has 1 amide bonds. The minimum atomic E-state index is 0.0701. The van der Waals surface area contributed by atoms with Crippen molar-refractivity contribution in [2.45, 2.75) is 37.5 Å². The van der Waals surface area contributed by atoms with Crippen LogP contribution in [0.1, 0.15) is 31.4 Å². The van der Waals surface area contributed by atoms with Crippen molar-refractivity contribution in [2.75, 3.05) is 25.5 Å². The number of amides is 1. The van der Waals surface area contributed by atoms with E-state index in [9.17, 15) is 4.79 Å². The van der Waals surface area contributed by atoms with E-state index in [2.05, 4.69) is 19.7 Å². The van der Waals surface area contributed by atoms with Crippen LogP contribution >= 0.6 is 11.8 Å². The Labute approximate surface area is 191 Å². The van der Waals surface area contributed by atoms with Crippen LogP contribution < -0.4 is 9.47 Å². The molecule has 3 heterocycles. The lowest BCUT2D eigenvalue weighted by molar-refractivity contribution is -0.128. The minimum absolute atomic E-state index is 0.0701. The number of ether oxygens (including phenoxy) is 2. The highest BCUT2D eigenvalue weighted by atomic mass is 32.2. The maximum Gasteiger partial charge on any atom is 0.233 e. The summed E-state index contributed by atoms with van der Waals surface area (Å²) in [5.41, 5.74) is 1.97. The smallest absolute Gasteiger partial charge is 0.233 e. The summed E-state index contributed by atoms with van der Waals surface area (Å²) in [6.07, 6.45) is 5.77.